The van der Waals surface area contributed by atoms with Gasteiger partial charge in [0.05, 0.1) is 30.4 Å². The number of carbonyl (C=O) groups is 2. The predicted octanol–water partition coefficient (Wildman–Crippen LogP) is 2.90. The first-order chi connectivity index (χ1) is 16.3. The van der Waals surface area contributed by atoms with Crippen molar-refractivity contribution < 1.29 is 46.8 Å². The van der Waals surface area contributed by atoms with E-state index in [9.17, 15) is 18.0 Å². The minimum atomic E-state index is -3.36. The van der Waals surface area contributed by atoms with E-state index >= 15 is 0 Å². The standard InChI is InChI=1S/C24H32O10S/c1-6-23(4)21(16-7-9-18(10-8-16)35(5,28)29)22(32-15(2)3)24(34-23)31-14-17(33-24)13-30-20(27)12-11-19(25)26/h7-10,15,17H,6,11-14H2,1-5H3,(H,25,26)/t17?,23-,24?/m0/s1. The summed E-state index contributed by atoms with van der Waals surface area (Å²) < 4.78 is 53.6. The number of benzene rings is 1. The molecule has 0 radical (unpaired) electrons. The number of aliphatic carboxylic acids is 1. The third-order valence-corrected chi connectivity index (χ3v) is 6.88. The maximum Gasteiger partial charge on any atom is 0.347 e. The highest BCUT2D eigenvalue weighted by atomic mass is 32.2. The number of rotatable bonds is 10. The van der Waals surface area contributed by atoms with Gasteiger partial charge in [-0.1, -0.05) is 19.1 Å². The van der Waals surface area contributed by atoms with Crippen molar-refractivity contribution in [3.63, 3.8) is 0 Å². The second-order valence-corrected chi connectivity index (χ2v) is 11.1. The normalized spacial score (nSPS) is 26.5. The molecule has 10 nitrogen and oxygen atoms in total. The predicted molar refractivity (Wildman–Crippen MR) is 124 cm³/mol. The lowest BCUT2D eigenvalue weighted by atomic mass is 9.88. The van der Waals surface area contributed by atoms with Crippen molar-refractivity contribution in [2.45, 2.75) is 75.6 Å². The Kier molecular flexibility index (Phi) is 7.95. The maximum atomic E-state index is 11.9. The Morgan fingerprint density at radius 3 is 2.40 bits per heavy atom. The van der Waals surface area contributed by atoms with E-state index in [1.807, 2.05) is 27.7 Å². The first-order valence-electron chi connectivity index (χ1n) is 11.4. The van der Waals surface area contributed by atoms with E-state index in [0.29, 0.717) is 23.3 Å². The van der Waals surface area contributed by atoms with Gasteiger partial charge in [-0.2, -0.15) is 0 Å². The molecule has 3 rings (SSSR count). The number of carboxylic acid groups (broad SMARTS) is 1. The number of carboxylic acids is 1. The van der Waals surface area contributed by atoms with Crippen molar-refractivity contribution in [3.05, 3.63) is 35.6 Å². The molecular formula is C24H32O10S. The Morgan fingerprint density at radius 2 is 1.86 bits per heavy atom. The summed E-state index contributed by atoms with van der Waals surface area (Å²) in [6.07, 6.45) is 0.197. The molecule has 1 aromatic rings. The van der Waals surface area contributed by atoms with Gasteiger partial charge >= 0.3 is 17.9 Å². The van der Waals surface area contributed by atoms with Crippen LogP contribution in [-0.2, 0) is 43.1 Å². The van der Waals surface area contributed by atoms with E-state index in [1.54, 1.807) is 12.1 Å². The summed E-state index contributed by atoms with van der Waals surface area (Å²) in [5, 5.41) is 8.71. The van der Waals surface area contributed by atoms with Crippen molar-refractivity contribution in [1.82, 2.24) is 0 Å². The van der Waals surface area contributed by atoms with E-state index < -0.39 is 39.5 Å². The molecule has 2 aliphatic heterocycles. The van der Waals surface area contributed by atoms with Crippen LogP contribution in [0.25, 0.3) is 5.57 Å². The van der Waals surface area contributed by atoms with Gasteiger partial charge in [-0.15, -0.1) is 0 Å². The third kappa shape index (κ3) is 6.03. The molecule has 1 N–H and O–H groups in total. The number of hydrogen-bond acceptors (Lipinski definition) is 9. The van der Waals surface area contributed by atoms with Crippen LogP contribution >= 0.6 is 0 Å². The van der Waals surface area contributed by atoms with Crippen molar-refractivity contribution in [2.75, 3.05) is 19.5 Å². The zero-order chi connectivity index (χ0) is 26.0. The van der Waals surface area contributed by atoms with Crippen molar-refractivity contribution in [3.8, 4) is 0 Å². The summed E-state index contributed by atoms with van der Waals surface area (Å²) in [7, 11) is -3.36. The highest BCUT2D eigenvalue weighted by Gasteiger charge is 2.61. The third-order valence-electron chi connectivity index (χ3n) is 5.75. The molecule has 11 heteroatoms. The van der Waals surface area contributed by atoms with E-state index in [2.05, 4.69) is 0 Å². The summed E-state index contributed by atoms with van der Waals surface area (Å²) in [5.74, 6) is -3.08. The Labute approximate surface area is 205 Å². The van der Waals surface area contributed by atoms with Crippen LogP contribution in [0.3, 0.4) is 0 Å². The van der Waals surface area contributed by atoms with Gasteiger partial charge in [0.2, 0.25) is 0 Å². The molecule has 0 aromatic heterocycles. The Bertz CT molecular complexity index is 1090. The minimum absolute atomic E-state index is 0.0528. The Balaban J connectivity index is 1.91. The zero-order valence-corrected chi connectivity index (χ0v) is 21.3. The van der Waals surface area contributed by atoms with Gasteiger partial charge in [-0.25, -0.2) is 8.42 Å². The van der Waals surface area contributed by atoms with Crippen molar-refractivity contribution in [1.29, 1.82) is 0 Å². The van der Waals surface area contributed by atoms with Crippen LogP contribution in [0.15, 0.2) is 34.9 Å². The summed E-state index contributed by atoms with van der Waals surface area (Å²) in [6, 6.07) is 6.45. The lowest BCUT2D eigenvalue weighted by molar-refractivity contribution is -0.342. The molecule has 194 valence electrons. The van der Waals surface area contributed by atoms with Gasteiger partial charge in [0.1, 0.15) is 18.3 Å². The molecule has 1 aromatic carbocycles. The molecule has 2 aliphatic rings. The number of esters is 1. The highest BCUT2D eigenvalue weighted by Crippen LogP contribution is 2.53. The summed E-state index contributed by atoms with van der Waals surface area (Å²) >= 11 is 0. The second kappa shape index (κ2) is 10.3. The van der Waals surface area contributed by atoms with Gasteiger partial charge in [0.15, 0.2) is 15.6 Å². The Morgan fingerprint density at radius 1 is 1.20 bits per heavy atom. The molecule has 0 saturated carbocycles. The molecule has 2 unspecified atom stereocenters. The molecule has 1 fully saturated rings. The van der Waals surface area contributed by atoms with Crippen LogP contribution in [0.2, 0.25) is 0 Å². The Hall–Kier alpha value is -2.47. The van der Waals surface area contributed by atoms with E-state index in [4.69, 9.17) is 28.8 Å². The van der Waals surface area contributed by atoms with Crippen LogP contribution in [0.5, 0.6) is 0 Å². The van der Waals surface area contributed by atoms with Gasteiger partial charge in [-0.05, 0) is 44.9 Å². The van der Waals surface area contributed by atoms with Crippen LogP contribution in [0, 0.1) is 0 Å². The van der Waals surface area contributed by atoms with E-state index in [0.717, 1.165) is 6.26 Å². The first-order valence-corrected chi connectivity index (χ1v) is 13.3. The number of carbonyl (C=O) groups excluding carboxylic acids is 1. The summed E-state index contributed by atoms with van der Waals surface area (Å²) in [4.78, 5) is 22.7. The zero-order valence-electron chi connectivity index (χ0n) is 20.5. The maximum absolute atomic E-state index is 11.9. The molecule has 0 aliphatic carbocycles. The van der Waals surface area contributed by atoms with Crippen LogP contribution in [0.1, 0.15) is 52.5 Å². The molecule has 2 heterocycles. The molecule has 1 spiro atoms. The summed E-state index contributed by atoms with van der Waals surface area (Å²) in [6.45, 7) is 7.43. The van der Waals surface area contributed by atoms with Crippen molar-refractivity contribution >= 4 is 27.3 Å². The lowest BCUT2D eigenvalue weighted by Gasteiger charge is -2.30. The average Bonchev–Trinajstić information content (AvgIpc) is 3.28. The number of sulfone groups is 1. The van der Waals surface area contributed by atoms with Crippen LogP contribution in [0.4, 0.5) is 0 Å². The molecule has 0 bridgehead atoms. The smallest absolute Gasteiger partial charge is 0.347 e. The monoisotopic (exact) mass is 512 g/mol. The first kappa shape index (κ1) is 27.1. The largest absolute Gasteiger partial charge is 0.487 e. The van der Waals surface area contributed by atoms with E-state index in [-0.39, 0.29) is 37.1 Å². The SMILES string of the molecule is CC[C@]1(C)OC2(OCC(COC(=O)CCC(=O)O)O2)C(OC(C)C)=C1c1ccc(S(C)(=O)=O)cc1. The average molecular weight is 513 g/mol. The quantitative estimate of drug-likeness (QED) is 0.466. The van der Waals surface area contributed by atoms with Crippen LogP contribution in [-0.4, -0.2) is 68.7 Å². The van der Waals surface area contributed by atoms with Gasteiger partial charge in [0, 0.05) is 11.8 Å². The fourth-order valence-electron chi connectivity index (χ4n) is 3.92. The van der Waals surface area contributed by atoms with Crippen molar-refractivity contribution in [2.24, 2.45) is 0 Å². The summed E-state index contributed by atoms with van der Waals surface area (Å²) in [5.41, 5.74) is 0.488. The number of hydrogen-bond donors (Lipinski definition) is 1. The second-order valence-electron chi connectivity index (χ2n) is 9.04. The molecular weight excluding hydrogens is 480 g/mol. The van der Waals surface area contributed by atoms with Gasteiger partial charge < -0.3 is 28.8 Å². The molecule has 35 heavy (non-hydrogen) atoms. The lowest BCUT2D eigenvalue weighted by Crippen LogP contribution is -2.40. The highest BCUT2D eigenvalue weighted by molar-refractivity contribution is 7.90. The van der Waals surface area contributed by atoms with Crippen LogP contribution < -0.4 is 0 Å². The fourth-order valence-corrected chi connectivity index (χ4v) is 4.55. The van der Waals surface area contributed by atoms with Gasteiger partial charge in [-0.3, -0.25) is 9.59 Å². The number of ether oxygens (including phenoxy) is 5. The van der Waals surface area contributed by atoms with E-state index in [1.165, 1.54) is 12.1 Å². The topological polar surface area (TPSA) is 135 Å². The molecule has 0 amide bonds. The molecule has 1 saturated heterocycles. The fraction of sp³-hybridized carbons (Fsp3) is 0.583. The molecule has 3 atom stereocenters. The van der Waals surface area contributed by atoms with Gasteiger partial charge in [0.25, 0.3) is 0 Å². The minimum Gasteiger partial charge on any atom is -0.487 e.